The number of carbonyl (C=O) groups excluding carboxylic acids is 1. The van der Waals surface area contributed by atoms with E-state index < -0.39 is 6.10 Å². The molecule has 0 spiro atoms. The molecule has 0 aliphatic heterocycles. The molecular weight excluding hydrogens is 274 g/mol. The number of nitrogens with one attached hydrogen (secondary N) is 1. The van der Waals surface area contributed by atoms with Gasteiger partial charge in [-0.2, -0.15) is 0 Å². The lowest BCUT2D eigenvalue weighted by atomic mass is 10.2. The van der Waals surface area contributed by atoms with Crippen molar-refractivity contribution in [2.75, 3.05) is 5.32 Å². The smallest absolute Gasteiger partial charge is 0.265 e. The SMILES string of the molecule is Cc1ccc(NC(=O)C(C)Oc2cccc(Cl)c2)cc1. The third-order valence-corrected chi connectivity index (χ3v) is 3.03. The van der Waals surface area contributed by atoms with Crippen molar-refractivity contribution in [1.82, 2.24) is 0 Å². The fourth-order valence-corrected chi connectivity index (χ4v) is 1.86. The van der Waals surface area contributed by atoms with Crippen LogP contribution in [0, 0.1) is 6.92 Å². The highest BCUT2D eigenvalue weighted by molar-refractivity contribution is 6.30. The third-order valence-electron chi connectivity index (χ3n) is 2.80. The molecule has 1 N–H and O–H groups in total. The first-order chi connectivity index (χ1) is 9.54. The first-order valence-corrected chi connectivity index (χ1v) is 6.72. The summed E-state index contributed by atoms with van der Waals surface area (Å²) in [7, 11) is 0. The molecule has 104 valence electrons. The van der Waals surface area contributed by atoms with E-state index in [1.54, 1.807) is 31.2 Å². The number of ether oxygens (including phenoxy) is 1. The van der Waals surface area contributed by atoms with Crippen LogP contribution in [-0.4, -0.2) is 12.0 Å². The Morgan fingerprint density at radius 2 is 1.90 bits per heavy atom. The van der Waals surface area contributed by atoms with Gasteiger partial charge < -0.3 is 10.1 Å². The molecule has 0 saturated heterocycles. The number of aryl methyl sites for hydroxylation is 1. The minimum atomic E-state index is -0.602. The molecule has 1 unspecified atom stereocenters. The van der Waals surface area contributed by atoms with Crippen LogP contribution in [0.5, 0.6) is 5.75 Å². The summed E-state index contributed by atoms with van der Waals surface area (Å²) < 4.78 is 5.56. The van der Waals surface area contributed by atoms with Crippen LogP contribution >= 0.6 is 11.6 Å². The average molecular weight is 290 g/mol. The van der Waals surface area contributed by atoms with E-state index in [-0.39, 0.29) is 5.91 Å². The lowest BCUT2D eigenvalue weighted by molar-refractivity contribution is -0.122. The standard InChI is InChI=1S/C16H16ClNO2/c1-11-6-8-14(9-7-11)18-16(19)12(2)20-15-5-3-4-13(17)10-15/h3-10,12H,1-2H3,(H,18,19). The van der Waals surface area contributed by atoms with Crippen molar-refractivity contribution in [2.45, 2.75) is 20.0 Å². The molecule has 2 aromatic carbocycles. The van der Waals surface area contributed by atoms with E-state index in [1.807, 2.05) is 31.2 Å². The lowest BCUT2D eigenvalue weighted by Crippen LogP contribution is -2.30. The van der Waals surface area contributed by atoms with E-state index >= 15 is 0 Å². The predicted molar refractivity (Wildman–Crippen MR) is 81.4 cm³/mol. The maximum absolute atomic E-state index is 12.0. The summed E-state index contributed by atoms with van der Waals surface area (Å²) in [5, 5.41) is 3.38. The van der Waals surface area contributed by atoms with Gasteiger partial charge in [0.15, 0.2) is 6.10 Å². The highest BCUT2D eigenvalue weighted by Crippen LogP contribution is 2.19. The third kappa shape index (κ3) is 4.00. The molecular formula is C16H16ClNO2. The summed E-state index contributed by atoms with van der Waals surface area (Å²) in [6.45, 7) is 3.70. The van der Waals surface area contributed by atoms with Gasteiger partial charge in [0.2, 0.25) is 0 Å². The molecule has 0 aliphatic rings. The Kier molecular flexibility index (Phi) is 4.64. The Morgan fingerprint density at radius 3 is 2.55 bits per heavy atom. The molecule has 0 saturated carbocycles. The topological polar surface area (TPSA) is 38.3 Å². The van der Waals surface area contributed by atoms with Gasteiger partial charge >= 0.3 is 0 Å². The molecule has 0 aromatic heterocycles. The van der Waals surface area contributed by atoms with E-state index in [2.05, 4.69) is 5.32 Å². The molecule has 0 bridgehead atoms. The molecule has 0 heterocycles. The second-order valence-electron chi connectivity index (χ2n) is 4.57. The monoisotopic (exact) mass is 289 g/mol. The molecule has 3 nitrogen and oxygen atoms in total. The van der Waals surface area contributed by atoms with Gasteiger partial charge in [-0.05, 0) is 44.2 Å². The summed E-state index contributed by atoms with van der Waals surface area (Å²) in [5.74, 6) is 0.373. The van der Waals surface area contributed by atoms with Crippen LogP contribution in [-0.2, 0) is 4.79 Å². The van der Waals surface area contributed by atoms with Crippen LogP contribution in [0.3, 0.4) is 0 Å². The zero-order valence-electron chi connectivity index (χ0n) is 11.4. The number of hydrogen-bond acceptors (Lipinski definition) is 2. The number of hydrogen-bond donors (Lipinski definition) is 1. The Hall–Kier alpha value is -2.00. The van der Waals surface area contributed by atoms with E-state index in [9.17, 15) is 4.79 Å². The zero-order chi connectivity index (χ0) is 14.5. The van der Waals surface area contributed by atoms with Crippen LogP contribution in [0.4, 0.5) is 5.69 Å². The van der Waals surface area contributed by atoms with Crippen molar-refractivity contribution < 1.29 is 9.53 Å². The zero-order valence-corrected chi connectivity index (χ0v) is 12.1. The molecule has 0 radical (unpaired) electrons. The quantitative estimate of drug-likeness (QED) is 0.922. The molecule has 4 heteroatoms. The maximum atomic E-state index is 12.0. The van der Waals surface area contributed by atoms with Crippen molar-refractivity contribution in [3.63, 3.8) is 0 Å². The Morgan fingerprint density at radius 1 is 1.20 bits per heavy atom. The van der Waals surface area contributed by atoms with Crippen LogP contribution in [0.1, 0.15) is 12.5 Å². The van der Waals surface area contributed by atoms with Gasteiger partial charge in [-0.3, -0.25) is 4.79 Å². The highest BCUT2D eigenvalue weighted by Gasteiger charge is 2.14. The van der Waals surface area contributed by atoms with E-state index in [0.717, 1.165) is 11.3 Å². The largest absolute Gasteiger partial charge is 0.481 e. The average Bonchev–Trinajstić information content (AvgIpc) is 2.41. The van der Waals surface area contributed by atoms with E-state index in [1.165, 1.54) is 0 Å². The van der Waals surface area contributed by atoms with Gasteiger partial charge in [-0.15, -0.1) is 0 Å². The number of rotatable bonds is 4. The van der Waals surface area contributed by atoms with Crippen molar-refractivity contribution in [3.8, 4) is 5.75 Å². The summed E-state index contributed by atoms with van der Waals surface area (Å²) in [4.78, 5) is 12.0. The molecule has 1 amide bonds. The molecule has 2 rings (SSSR count). The van der Waals surface area contributed by atoms with Crippen LogP contribution in [0.25, 0.3) is 0 Å². The molecule has 2 aromatic rings. The summed E-state index contributed by atoms with van der Waals surface area (Å²) in [5.41, 5.74) is 1.90. The van der Waals surface area contributed by atoms with E-state index in [0.29, 0.717) is 10.8 Å². The van der Waals surface area contributed by atoms with Gasteiger partial charge in [-0.25, -0.2) is 0 Å². The van der Waals surface area contributed by atoms with Gasteiger partial charge in [0.25, 0.3) is 5.91 Å². The fourth-order valence-electron chi connectivity index (χ4n) is 1.68. The minimum Gasteiger partial charge on any atom is -0.481 e. The maximum Gasteiger partial charge on any atom is 0.265 e. The number of benzene rings is 2. The number of carbonyl (C=O) groups is 1. The Labute approximate surface area is 123 Å². The van der Waals surface area contributed by atoms with Crippen LogP contribution in [0.15, 0.2) is 48.5 Å². The van der Waals surface area contributed by atoms with Gasteiger partial charge in [-0.1, -0.05) is 35.4 Å². The molecule has 0 fully saturated rings. The lowest BCUT2D eigenvalue weighted by Gasteiger charge is -2.15. The van der Waals surface area contributed by atoms with Crippen molar-refractivity contribution >= 4 is 23.2 Å². The van der Waals surface area contributed by atoms with Gasteiger partial charge in [0.05, 0.1) is 0 Å². The summed E-state index contributed by atoms with van der Waals surface area (Å²) in [6, 6.07) is 14.6. The van der Waals surface area contributed by atoms with Crippen molar-refractivity contribution in [3.05, 3.63) is 59.1 Å². The molecule has 0 aliphatic carbocycles. The summed E-state index contributed by atoms with van der Waals surface area (Å²) >= 11 is 5.87. The summed E-state index contributed by atoms with van der Waals surface area (Å²) in [6.07, 6.45) is -0.602. The Bertz CT molecular complexity index is 596. The highest BCUT2D eigenvalue weighted by atomic mass is 35.5. The normalized spacial score (nSPS) is 11.8. The second kappa shape index (κ2) is 6.44. The number of anilines is 1. The predicted octanol–water partition coefficient (Wildman–Crippen LogP) is 4.05. The number of amides is 1. The first kappa shape index (κ1) is 14.4. The first-order valence-electron chi connectivity index (χ1n) is 6.34. The van der Waals surface area contributed by atoms with Crippen LogP contribution in [0.2, 0.25) is 5.02 Å². The molecule has 20 heavy (non-hydrogen) atoms. The van der Waals surface area contributed by atoms with Crippen molar-refractivity contribution in [2.24, 2.45) is 0 Å². The number of halogens is 1. The van der Waals surface area contributed by atoms with Crippen LogP contribution < -0.4 is 10.1 Å². The fraction of sp³-hybridized carbons (Fsp3) is 0.188. The second-order valence-corrected chi connectivity index (χ2v) is 5.01. The molecule has 1 atom stereocenters. The minimum absolute atomic E-state index is 0.200. The Balaban J connectivity index is 1.96. The van der Waals surface area contributed by atoms with Gasteiger partial charge in [0, 0.05) is 10.7 Å². The van der Waals surface area contributed by atoms with Gasteiger partial charge in [0.1, 0.15) is 5.75 Å². The van der Waals surface area contributed by atoms with Crippen molar-refractivity contribution in [1.29, 1.82) is 0 Å². The van der Waals surface area contributed by atoms with E-state index in [4.69, 9.17) is 16.3 Å².